The van der Waals surface area contributed by atoms with Crippen LogP contribution in [0.25, 0.3) is 11.1 Å². The topological polar surface area (TPSA) is 72.6 Å². The number of carboxylic acids is 1. The molecule has 15 heavy (non-hydrogen) atoms. The molecule has 0 atom stereocenters. The highest BCUT2D eigenvalue weighted by Gasteiger charge is 2.17. The summed E-state index contributed by atoms with van der Waals surface area (Å²) < 4.78 is 10.0. The number of rotatable bonds is 2. The molecule has 0 saturated carbocycles. The number of aromatic nitrogens is 1. The first-order valence-corrected chi connectivity index (χ1v) is 4.36. The Morgan fingerprint density at radius 1 is 1.67 bits per heavy atom. The highest BCUT2D eigenvalue weighted by Crippen LogP contribution is 2.32. The van der Waals surface area contributed by atoms with E-state index in [2.05, 4.69) is 4.98 Å². The van der Waals surface area contributed by atoms with Crippen molar-refractivity contribution in [3.05, 3.63) is 23.0 Å². The third-order valence-corrected chi connectivity index (χ3v) is 2.10. The zero-order chi connectivity index (χ0) is 11.0. The summed E-state index contributed by atoms with van der Waals surface area (Å²) >= 11 is 5.63. The summed E-state index contributed by atoms with van der Waals surface area (Å²) in [5.74, 6) is -0.915. The van der Waals surface area contributed by atoms with Gasteiger partial charge >= 0.3 is 5.97 Å². The predicted molar refractivity (Wildman–Crippen MR) is 52.5 cm³/mol. The van der Waals surface area contributed by atoms with Crippen LogP contribution in [0.3, 0.4) is 0 Å². The van der Waals surface area contributed by atoms with Gasteiger partial charge < -0.3 is 14.3 Å². The molecule has 0 aromatic carbocycles. The van der Waals surface area contributed by atoms with Gasteiger partial charge in [-0.15, -0.1) is 0 Å². The largest absolute Gasteiger partial charge is 0.495 e. The highest BCUT2D eigenvalue weighted by atomic mass is 35.5. The maximum Gasteiger partial charge on any atom is 0.341 e. The van der Waals surface area contributed by atoms with Crippen LogP contribution in [0.15, 0.2) is 16.7 Å². The van der Waals surface area contributed by atoms with Crippen molar-refractivity contribution in [2.24, 2.45) is 0 Å². The zero-order valence-electron chi connectivity index (χ0n) is 7.65. The number of furan rings is 1. The van der Waals surface area contributed by atoms with E-state index in [0.29, 0.717) is 5.39 Å². The molecule has 2 heterocycles. The van der Waals surface area contributed by atoms with Crippen LogP contribution < -0.4 is 4.74 Å². The van der Waals surface area contributed by atoms with Gasteiger partial charge in [-0.25, -0.2) is 9.78 Å². The Hall–Kier alpha value is -1.75. The molecule has 78 valence electrons. The van der Waals surface area contributed by atoms with Crippen molar-refractivity contribution in [3.8, 4) is 5.75 Å². The lowest BCUT2D eigenvalue weighted by Gasteiger charge is -2.03. The Labute approximate surface area is 89.2 Å². The lowest BCUT2D eigenvalue weighted by atomic mass is 10.2. The van der Waals surface area contributed by atoms with E-state index in [-0.39, 0.29) is 22.2 Å². The van der Waals surface area contributed by atoms with Crippen LogP contribution in [0.4, 0.5) is 0 Å². The van der Waals surface area contributed by atoms with Crippen LogP contribution in [-0.2, 0) is 0 Å². The average molecular weight is 228 g/mol. The van der Waals surface area contributed by atoms with Crippen molar-refractivity contribution in [2.45, 2.75) is 0 Å². The van der Waals surface area contributed by atoms with Gasteiger partial charge in [0.05, 0.1) is 12.5 Å². The molecule has 6 heteroatoms. The number of ether oxygens (including phenoxy) is 1. The quantitative estimate of drug-likeness (QED) is 0.851. The number of nitrogens with zero attached hydrogens (tertiary/aromatic N) is 1. The molecular formula is C9H6ClNO4. The van der Waals surface area contributed by atoms with E-state index in [4.69, 9.17) is 25.9 Å². The van der Waals surface area contributed by atoms with Gasteiger partial charge in [0.15, 0.2) is 5.22 Å². The van der Waals surface area contributed by atoms with Crippen molar-refractivity contribution in [1.29, 1.82) is 0 Å². The standard InChI is InChI=1S/C9H6ClNO4/c1-14-7-4-2-6(10)15-8(4)11-3-5(7)9(12)13/h2-3H,1H3,(H,12,13). The number of aromatic carboxylic acids is 1. The van der Waals surface area contributed by atoms with Gasteiger partial charge in [0.2, 0.25) is 5.71 Å². The number of carboxylic acid groups (broad SMARTS) is 1. The first-order valence-electron chi connectivity index (χ1n) is 3.99. The molecule has 0 spiro atoms. The van der Waals surface area contributed by atoms with Crippen molar-refractivity contribution in [3.63, 3.8) is 0 Å². The molecule has 5 nitrogen and oxygen atoms in total. The Balaban J connectivity index is 2.80. The van der Waals surface area contributed by atoms with E-state index in [1.807, 2.05) is 0 Å². The van der Waals surface area contributed by atoms with Gasteiger partial charge in [-0.1, -0.05) is 0 Å². The minimum absolute atomic E-state index is 0.0255. The summed E-state index contributed by atoms with van der Waals surface area (Å²) in [4.78, 5) is 14.7. The van der Waals surface area contributed by atoms with Crippen LogP contribution in [-0.4, -0.2) is 23.2 Å². The lowest BCUT2D eigenvalue weighted by molar-refractivity contribution is 0.0693. The Morgan fingerprint density at radius 2 is 2.40 bits per heavy atom. The molecule has 0 unspecified atom stereocenters. The van der Waals surface area contributed by atoms with Gasteiger partial charge in [0.25, 0.3) is 0 Å². The first-order chi connectivity index (χ1) is 7.13. The van der Waals surface area contributed by atoms with Crippen LogP contribution in [0.5, 0.6) is 5.75 Å². The average Bonchev–Trinajstić information content (AvgIpc) is 2.55. The Bertz CT molecular complexity index is 534. The fraction of sp³-hybridized carbons (Fsp3) is 0.111. The minimum atomic E-state index is -1.11. The maximum absolute atomic E-state index is 10.8. The van der Waals surface area contributed by atoms with Crippen LogP contribution >= 0.6 is 11.6 Å². The Kier molecular flexibility index (Phi) is 2.24. The van der Waals surface area contributed by atoms with E-state index in [0.717, 1.165) is 0 Å². The van der Waals surface area contributed by atoms with Crippen molar-refractivity contribution < 1.29 is 19.1 Å². The van der Waals surface area contributed by atoms with Crippen LogP contribution in [0.1, 0.15) is 10.4 Å². The summed E-state index contributed by atoms with van der Waals surface area (Å²) in [6.07, 6.45) is 1.17. The molecular weight excluding hydrogens is 222 g/mol. The number of hydrogen-bond donors (Lipinski definition) is 1. The number of halogens is 1. The normalized spacial score (nSPS) is 10.5. The summed E-state index contributed by atoms with van der Waals surface area (Å²) in [6.45, 7) is 0. The smallest absolute Gasteiger partial charge is 0.341 e. The molecule has 0 fully saturated rings. The first kappa shape index (κ1) is 9.79. The van der Waals surface area contributed by atoms with Gasteiger partial charge in [-0.05, 0) is 11.6 Å². The summed E-state index contributed by atoms with van der Waals surface area (Å²) in [7, 11) is 1.38. The summed E-state index contributed by atoms with van der Waals surface area (Å²) in [5.41, 5.74) is 0.226. The second-order valence-electron chi connectivity index (χ2n) is 2.78. The summed E-state index contributed by atoms with van der Waals surface area (Å²) in [5, 5.41) is 9.46. The lowest BCUT2D eigenvalue weighted by Crippen LogP contribution is -2.01. The van der Waals surface area contributed by atoms with Gasteiger partial charge in [-0.2, -0.15) is 0 Å². The fourth-order valence-electron chi connectivity index (χ4n) is 1.31. The summed E-state index contributed by atoms with van der Waals surface area (Å²) in [6, 6.07) is 1.47. The SMILES string of the molecule is COc1c(C(=O)O)cnc2oc(Cl)cc12. The predicted octanol–water partition coefficient (Wildman–Crippen LogP) is 2.19. The van der Waals surface area contributed by atoms with Crippen molar-refractivity contribution >= 4 is 28.7 Å². The van der Waals surface area contributed by atoms with Crippen LogP contribution in [0, 0.1) is 0 Å². The van der Waals surface area contributed by atoms with Gasteiger partial charge in [-0.3, -0.25) is 0 Å². The third kappa shape index (κ3) is 1.50. The minimum Gasteiger partial charge on any atom is -0.495 e. The molecule has 0 amide bonds. The van der Waals surface area contributed by atoms with E-state index < -0.39 is 5.97 Å². The van der Waals surface area contributed by atoms with Crippen molar-refractivity contribution in [1.82, 2.24) is 4.98 Å². The molecule has 2 aromatic heterocycles. The zero-order valence-corrected chi connectivity index (χ0v) is 8.41. The molecule has 2 rings (SSSR count). The maximum atomic E-state index is 10.8. The number of methoxy groups -OCH3 is 1. The number of hydrogen-bond acceptors (Lipinski definition) is 4. The highest BCUT2D eigenvalue weighted by molar-refractivity contribution is 6.29. The Morgan fingerprint density at radius 3 is 3.00 bits per heavy atom. The van der Waals surface area contributed by atoms with Gasteiger partial charge in [0, 0.05) is 12.3 Å². The second-order valence-corrected chi connectivity index (χ2v) is 3.15. The molecule has 0 aliphatic carbocycles. The second kappa shape index (κ2) is 3.43. The van der Waals surface area contributed by atoms with E-state index in [9.17, 15) is 4.79 Å². The molecule has 0 saturated heterocycles. The van der Waals surface area contributed by atoms with Crippen molar-refractivity contribution in [2.75, 3.05) is 7.11 Å². The monoisotopic (exact) mass is 227 g/mol. The molecule has 0 bridgehead atoms. The molecule has 0 aliphatic rings. The van der Waals surface area contributed by atoms with Gasteiger partial charge in [0.1, 0.15) is 11.3 Å². The molecule has 2 aromatic rings. The fourth-order valence-corrected chi connectivity index (χ4v) is 1.49. The molecule has 0 radical (unpaired) electrons. The molecule has 1 N–H and O–H groups in total. The third-order valence-electron chi connectivity index (χ3n) is 1.92. The number of fused-ring (bicyclic) bond motifs is 1. The molecule has 0 aliphatic heterocycles. The van der Waals surface area contributed by atoms with E-state index in [1.165, 1.54) is 19.4 Å². The number of pyridine rings is 1. The van der Waals surface area contributed by atoms with Crippen LogP contribution in [0.2, 0.25) is 5.22 Å². The number of carbonyl (C=O) groups is 1. The van der Waals surface area contributed by atoms with E-state index in [1.54, 1.807) is 0 Å². The van der Waals surface area contributed by atoms with E-state index >= 15 is 0 Å².